The van der Waals surface area contributed by atoms with Crippen LogP contribution in [0.5, 0.6) is 17.2 Å². The molecule has 2 atom stereocenters. The average molecular weight is 313 g/mol. The lowest BCUT2D eigenvalue weighted by Crippen LogP contribution is -2.37. The Labute approximate surface area is 137 Å². The van der Waals surface area contributed by atoms with Gasteiger partial charge in [-0.2, -0.15) is 0 Å². The molecule has 4 nitrogen and oxygen atoms in total. The lowest BCUT2D eigenvalue weighted by molar-refractivity contribution is 0.197. The van der Waals surface area contributed by atoms with E-state index in [1.54, 1.807) is 14.2 Å². The zero-order valence-corrected chi connectivity index (χ0v) is 13.8. The highest BCUT2D eigenvalue weighted by molar-refractivity contribution is 5.80. The zero-order chi connectivity index (χ0) is 16.4. The van der Waals surface area contributed by atoms with Crippen LogP contribution in [0.2, 0.25) is 0 Å². The van der Waals surface area contributed by atoms with Gasteiger partial charge in [-0.15, -0.1) is 0 Å². The van der Waals surface area contributed by atoms with Crippen molar-refractivity contribution in [1.82, 2.24) is 0 Å². The maximum atomic E-state index is 6.20. The molecule has 0 amide bonds. The quantitative estimate of drug-likeness (QED) is 0.919. The second-order valence-corrected chi connectivity index (χ2v) is 5.77. The van der Waals surface area contributed by atoms with Crippen LogP contribution in [0.15, 0.2) is 36.4 Å². The van der Waals surface area contributed by atoms with Gasteiger partial charge in [-0.1, -0.05) is 37.3 Å². The molecule has 1 aliphatic heterocycles. The molecule has 0 aliphatic carbocycles. The van der Waals surface area contributed by atoms with Crippen LogP contribution >= 0.6 is 0 Å². The van der Waals surface area contributed by atoms with Crippen molar-refractivity contribution < 1.29 is 14.2 Å². The average Bonchev–Trinajstić information content (AvgIpc) is 3.04. The Balaban J connectivity index is 2.07. The first-order valence-electron chi connectivity index (χ1n) is 7.95. The molecule has 3 rings (SSSR count). The Kier molecular flexibility index (Phi) is 4.44. The minimum Gasteiger partial charge on any atom is -0.493 e. The van der Waals surface area contributed by atoms with Crippen LogP contribution in [-0.2, 0) is 6.42 Å². The number of rotatable bonds is 5. The summed E-state index contributed by atoms with van der Waals surface area (Å²) >= 11 is 0. The number of nitrogens with two attached hydrogens (primary N) is 1. The maximum absolute atomic E-state index is 6.20. The first-order valence-corrected chi connectivity index (χ1v) is 7.95. The van der Waals surface area contributed by atoms with E-state index in [0.29, 0.717) is 5.75 Å². The van der Waals surface area contributed by atoms with E-state index >= 15 is 0 Å². The molecule has 2 aromatic rings. The predicted molar refractivity (Wildman–Crippen MR) is 91.4 cm³/mol. The number of methoxy groups -OCH3 is 2. The van der Waals surface area contributed by atoms with Crippen molar-refractivity contribution in [3.05, 3.63) is 42.0 Å². The van der Waals surface area contributed by atoms with E-state index in [0.717, 1.165) is 35.5 Å². The standard InChI is InChI=1S/C19H23NO3/c1-4-15(20)17-11-12-7-5-8-13(18(12)23-17)14-9-6-10-16(21-2)19(14)22-3/h5-10,15,17H,4,11,20H2,1-3H3. The summed E-state index contributed by atoms with van der Waals surface area (Å²) in [6.07, 6.45) is 1.79. The Hall–Kier alpha value is -2.20. The number of hydrogen-bond acceptors (Lipinski definition) is 4. The molecule has 2 aromatic carbocycles. The van der Waals surface area contributed by atoms with Crippen molar-refractivity contribution in [2.75, 3.05) is 14.2 Å². The number of ether oxygens (including phenoxy) is 3. The highest BCUT2D eigenvalue weighted by Crippen LogP contribution is 2.45. The molecule has 23 heavy (non-hydrogen) atoms. The van der Waals surface area contributed by atoms with E-state index in [1.807, 2.05) is 18.2 Å². The SMILES string of the molecule is CCC(N)C1Cc2cccc(-c3cccc(OC)c3OC)c2O1. The molecule has 0 saturated heterocycles. The Morgan fingerprint density at radius 3 is 2.57 bits per heavy atom. The third-order valence-electron chi connectivity index (χ3n) is 4.43. The first kappa shape index (κ1) is 15.7. The summed E-state index contributed by atoms with van der Waals surface area (Å²) in [7, 11) is 3.30. The fraction of sp³-hybridized carbons (Fsp3) is 0.368. The van der Waals surface area contributed by atoms with Crippen LogP contribution in [-0.4, -0.2) is 26.4 Å². The second kappa shape index (κ2) is 6.50. The van der Waals surface area contributed by atoms with E-state index < -0.39 is 0 Å². The summed E-state index contributed by atoms with van der Waals surface area (Å²) in [6, 6.07) is 12.1. The van der Waals surface area contributed by atoms with Crippen LogP contribution in [0.1, 0.15) is 18.9 Å². The van der Waals surface area contributed by atoms with E-state index in [2.05, 4.69) is 25.1 Å². The normalized spacial score (nSPS) is 17.3. The number of para-hydroxylation sites is 2. The summed E-state index contributed by atoms with van der Waals surface area (Å²) in [5.41, 5.74) is 9.36. The Bertz CT molecular complexity index is 699. The van der Waals surface area contributed by atoms with Crippen molar-refractivity contribution in [3.63, 3.8) is 0 Å². The highest BCUT2D eigenvalue weighted by Gasteiger charge is 2.30. The monoisotopic (exact) mass is 313 g/mol. The minimum atomic E-state index is 0.0350. The van der Waals surface area contributed by atoms with Gasteiger partial charge in [0.05, 0.1) is 14.2 Å². The van der Waals surface area contributed by atoms with Gasteiger partial charge < -0.3 is 19.9 Å². The predicted octanol–water partition coefficient (Wildman–Crippen LogP) is 3.41. The summed E-state index contributed by atoms with van der Waals surface area (Å²) in [5, 5.41) is 0. The maximum Gasteiger partial charge on any atom is 0.168 e. The van der Waals surface area contributed by atoms with Gasteiger partial charge in [0.25, 0.3) is 0 Å². The van der Waals surface area contributed by atoms with Crippen LogP contribution in [0, 0.1) is 0 Å². The smallest absolute Gasteiger partial charge is 0.168 e. The largest absolute Gasteiger partial charge is 0.493 e. The van der Waals surface area contributed by atoms with Crippen molar-refractivity contribution in [2.45, 2.75) is 31.9 Å². The third-order valence-corrected chi connectivity index (χ3v) is 4.43. The molecular weight excluding hydrogens is 290 g/mol. The number of hydrogen-bond donors (Lipinski definition) is 1. The molecule has 0 fully saturated rings. The lowest BCUT2D eigenvalue weighted by Gasteiger charge is -2.19. The second-order valence-electron chi connectivity index (χ2n) is 5.77. The Morgan fingerprint density at radius 2 is 1.87 bits per heavy atom. The lowest BCUT2D eigenvalue weighted by atomic mass is 9.98. The summed E-state index contributed by atoms with van der Waals surface area (Å²) in [6.45, 7) is 2.09. The van der Waals surface area contributed by atoms with E-state index in [9.17, 15) is 0 Å². The van der Waals surface area contributed by atoms with Gasteiger partial charge in [0.1, 0.15) is 11.9 Å². The van der Waals surface area contributed by atoms with Crippen molar-refractivity contribution in [1.29, 1.82) is 0 Å². The topological polar surface area (TPSA) is 53.7 Å². The van der Waals surface area contributed by atoms with Gasteiger partial charge in [0.15, 0.2) is 11.5 Å². The fourth-order valence-corrected chi connectivity index (χ4v) is 3.11. The first-order chi connectivity index (χ1) is 11.2. The van der Waals surface area contributed by atoms with Gasteiger partial charge in [0, 0.05) is 23.6 Å². The van der Waals surface area contributed by atoms with Crippen molar-refractivity contribution in [2.24, 2.45) is 5.73 Å². The molecule has 4 heteroatoms. The molecule has 122 valence electrons. The number of benzene rings is 2. The van der Waals surface area contributed by atoms with Crippen molar-refractivity contribution in [3.8, 4) is 28.4 Å². The summed E-state index contributed by atoms with van der Waals surface area (Å²) in [4.78, 5) is 0. The van der Waals surface area contributed by atoms with E-state index in [-0.39, 0.29) is 12.1 Å². The molecule has 0 aromatic heterocycles. The van der Waals surface area contributed by atoms with Gasteiger partial charge in [-0.3, -0.25) is 0 Å². The van der Waals surface area contributed by atoms with Gasteiger partial charge in [0.2, 0.25) is 0 Å². The molecule has 0 bridgehead atoms. The van der Waals surface area contributed by atoms with Gasteiger partial charge in [-0.25, -0.2) is 0 Å². The molecule has 2 unspecified atom stereocenters. The van der Waals surface area contributed by atoms with Crippen LogP contribution < -0.4 is 19.9 Å². The zero-order valence-electron chi connectivity index (χ0n) is 13.8. The van der Waals surface area contributed by atoms with Crippen LogP contribution in [0.25, 0.3) is 11.1 Å². The van der Waals surface area contributed by atoms with E-state index in [1.165, 1.54) is 5.56 Å². The summed E-state index contributed by atoms with van der Waals surface area (Å²) in [5.74, 6) is 2.34. The highest BCUT2D eigenvalue weighted by atomic mass is 16.5. The molecule has 1 heterocycles. The number of fused-ring (bicyclic) bond motifs is 1. The van der Waals surface area contributed by atoms with E-state index in [4.69, 9.17) is 19.9 Å². The fourth-order valence-electron chi connectivity index (χ4n) is 3.11. The molecule has 0 radical (unpaired) electrons. The minimum absolute atomic E-state index is 0.0350. The van der Waals surface area contributed by atoms with Crippen LogP contribution in [0.4, 0.5) is 0 Å². The Morgan fingerprint density at radius 1 is 1.13 bits per heavy atom. The summed E-state index contributed by atoms with van der Waals surface area (Å²) < 4.78 is 17.2. The van der Waals surface area contributed by atoms with Crippen LogP contribution in [0.3, 0.4) is 0 Å². The molecule has 0 saturated carbocycles. The third kappa shape index (κ3) is 2.75. The molecule has 0 spiro atoms. The van der Waals surface area contributed by atoms with Gasteiger partial charge in [-0.05, 0) is 18.1 Å². The van der Waals surface area contributed by atoms with Gasteiger partial charge >= 0.3 is 0 Å². The molecule has 2 N–H and O–H groups in total. The molecular formula is C19H23NO3. The van der Waals surface area contributed by atoms with Crippen molar-refractivity contribution >= 4 is 0 Å². The molecule has 1 aliphatic rings.